The number of rotatable bonds is 6. The van der Waals surface area contributed by atoms with Gasteiger partial charge in [-0.3, -0.25) is 4.55 Å². The minimum atomic E-state index is -3.81. The third-order valence-corrected chi connectivity index (χ3v) is 3.55. The fourth-order valence-electron chi connectivity index (χ4n) is 0.928. The van der Waals surface area contributed by atoms with Crippen molar-refractivity contribution in [2.24, 2.45) is 0 Å². The highest BCUT2D eigenvalue weighted by atomic mass is 79.9. The number of halogens is 1. The molecule has 0 aliphatic carbocycles. The Balaban J connectivity index is 3.53. The molecule has 1 atom stereocenters. The van der Waals surface area contributed by atoms with Crippen LogP contribution in [0.4, 0.5) is 0 Å². The first kappa shape index (κ1) is 12.4. The number of hydrogen-bond acceptors (Lipinski definition) is 2. The van der Waals surface area contributed by atoms with Crippen LogP contribution >= 0.6 is 15.9 Å². The summed E-state index contributed by atoms with van der Waals surface area (Å²) in [5, 5.41) is 0. The van der Waals surface area contributed by atoms with Crippen LogP contribution in [-0.4, -0.2) is 23.6 Å². The standard InChI is InChI=1S/C7H15BrO3S/c1-2-3-4-5-7(8)6-12(9,10)11/h7H,2-6H2,1H3,(H,9,10,11). The second kappa shape index (κ2) is 5.94. The van der Waals surface area contributed by atoms with Crippen LogP contribution < -0.4 is 0 Å². The SMILES string of the molecule is CCCCCC(Br)CS(=O)(=O)O. The first-order valence-corrected chi connectivity index (χ1v) is 6.57. The number of hydrogen-bond donors (Lipinski definition) is 1. The number of unbranched alkanes of at least 4 members (excludes halogenated alkanes) is 2. The molecule has 1 unspecified atom stereocenters. The van der Waals surface area contributed by atoms with E-state index in [1.807, 2.05) is 0 Å². The molecule has 0 rings (SSSR count). The summed E-state index contributed by atoms with van der Waals surface area (Å²) in [4.78, 5) is -0.112. The number of alkyl halides is 1. The molecule has 0 radical (unpaired) electrons. The zero-order valence-electron chi connectivity index (χ0n) is 7.16. The molecule has 0 aromatic heterocycles. The van der Waals surface area contributed by atoms with Gasteiger partial charge in [-0.1, -0.05) is 42.1 Å². The van der Waals surface area contributed by atoms with Gasteiger partial charge < -0.3 is 0 Å². The zero-order chi connectivity index (χ0) is 9.61. The molecule has 12 heavy (non-hydrogen) atoms. The van der Waals surface area contributed by atoms with Gasteiger partial charge in [0, 0.05) is 4.83 Å². The van der Waals surface area contributed by atoms with Crippen molar-refractivity contribution >= 4 is 26.0 Å². The molecule has 3 nitrogen and oxygen atoms in total. The summed E-state index contributed by atoms with van der Waals surface area (Å²) in [7, 11) is -3.81. The molecular formula is C7H15BrO3S. The second-order valence-electron chi connectivity index (χ2n) is 2.84. The maximum Gasteiger partial charge on any atom is 0.265 e. The Bertz CT molecular complexity index is 201. The normalized spacial score (nSPS) is 14.6. The van der Waals surface area contributed by atoms with Gasteiger partial charge in [-0.05, 0) is 6.42 Å². The molecule has 74 valence electrons. The van der Waals surface area contributed by atoms with Crippen LogP contribution in [0.25, 0.3) is 0 Å². The van der Waals surface area contributed by atoms with Crippen molar-refractivity contribution < 1.29 is 13.0 Å². The van der Waals surface area contributed by atoms with E-state index >= 15 is 0 Å². The lowest BCUT2D eigenvalue weighted by molar-refractivity contribution is 0.480. The molecule has 0 saturated carbocycles. The van der Waals surface area contributed by atoms with E-state index in [2.05, 4.69) is 22.9 Å². The van der Waals surface area contributed by atoms with Crippen LogP contribution in [0.1, 0.15) is 32.6 Å². The summed E-state index contributed by atoms with van der Waals surface area (Å²) in [6.45, 7) is 2.09. The van der Waals surface area contributed by atoms with Crippen molar-refractivity contribution in [3.63, 3.8) is 0 Å². The molecule has 0 saturated heterocycles. The highest BCUT2D eigenvalue weighted by Gasteiger charge is 2.12. The summed E-state index contributed by atoms with van der Waals surface area (Å²) < 4.78 is 29.3. The molecular weight excluding hydrogens is 244 g/mol. The van der Waals surface area contributed by atoms with E-state index in [9.17, 15) is 8.42 Å². The molecule has 0 amide bonds. The molecule has 0 bridgehead atoms. The fraction of sp³-hybridized carbons (Fsp3) is 1.00. The van der Waals surface area contributed by atoms with Crippen molar-refractivity contribution in [3.05, 3.63) is 0 Å². The Morgan fingerprint density at radius 3 is 2.42 bits per heavy atom. The maximum atomic E-state index is 10.4. The van der Waals surface area contributed by atoms with Crippen LogP contribution in [0.5, 0.6) is 0 Å². The Kier molecular flexibility index (Phi) is 6.13. The lowest BCUT2D eigenvalue weighted by Gasteiger charge is -2.05. The van der Waals surface area contributed by atoms with Gasteiger partial charge in [-0.25, -0.2) is 0 Å². The van der Waals surface area contributed by atoms with Gasteiger partial charge >= 0.3 is 0 Å². The summed E-state index contributed by atoms with van der Waals surface area (Å²) in [5.41, 5.74) is 0. The van der Waals surface area contributed by atoms with Crippen molar-refractivity contribution in [2.75, 3.05) is 5.75 Å². The average Bonchev–Trinajstić information content (AvgIpc) is 1.84. The predicted molar refractivity (Wildman–Crippen MR) is 53.3 cm³/mol. The molecule has 0 aromatic rings. The van der Waals surface area contributed by atoms with Crippen molar-refractivity contribution in [3.8, 4) is 0 Å². The Labute approximate surface area is 82.4 Å². The average molecular weight is 259 g/mol. The summed E-state index contributed by atoms with van der Waals surface area (Å²) >= 11 is 3.20. The molecule has 0 spiro atoms. The molecule has 0 aromatic carbocycles. The molecule has 5 heteroatoms. The monoisotopic (exact) mass is 258 g/mol. The zero-order valence-corrected chi connectivity index (χ0v) is 9.57. The van der Waals surface area contributed by atoms with Crippen LogP contribution in [0.15, 0.2) is 0 Å². The van der Waals surface area contributed by atoms with Crippen LogP contribution in [-0.2, 0) is 10.1 Å². The maximum absolute atomic E-state index is 10.4. The van der Waals surface area contributed by atoms with Crippen molar-refractivity contribution in [2.45, 2.75) is 37.4 Å². The highest BCUT2D eigenvalue weighted by Crippen LogP contribution is 2.12. The van der Waals surface area contributed by atoms with E-state index in [1.54, 1.807) is 0 Å². The van der Waals surface area contributed by atoms with Gasteiger partial charge in [-0.15, -0.1) is 0 Å². The van der Waals surface area contributed by atoms with E-state index in [-0.39, 0.29) is 10.6 Å². The van der Waals surface area contributed by atoms with Gasteiger partial charge in [0.15, 0.2) is 0 Å². The lowest BCUT2D eigenvalue weighted by Crippen LogP contribution is -2.14. The van der Waals surface area contributed by atoms with E-state index < -0.39 is 10.1 Å². The minimum Gasteiger partial charge on any atom is -0.286 e. The van der Waals surface area contributed by atoms with Gasteiger partial charge in [0.1, 0.15) is 0 Å². The Hall–Kier alpha value is 0.390. The lowest BCUT2D eigenvalue weighted by atomic mass is 10.2. The first-order valence-electron chi connectivity index (χ1n) is 4.05. The quantitative estimate of drug-likeness (QED) is 0.452. The fourth-order valence-corrected chi connectivity index (χ4v) is 2.88. The first-order chi connectivity index (χ1) is 5.45. The highest BCUT2D eigenvalue weighted by molar-refractivity contribution is 9.09. The topological polar surface area (TPSA) is 54.4 Å². The van der Waals surface area contributed by atoms with Crippen LogP contribution in [0.3, 0.4) is 0 Å². The third-order valence-electron chi connectivity index (χ3n) is 1.51. The smallest absolute Gasteiger partial charge is 0.265 e. The van der Waals surface area contributed by atoms with Gasteiger partial charge in [0.25, 0.3) is 10.1 Å². The van der Waals surface area contributed by atoms with E-state index in [0.29, 0.717) is 0 Å². The van der Waals surface area contributed by atoms with Crippen LogP contribution in [0, 0.1) is 0 Å². The van der Waals surface area contributed by atoms with Gasteiger partial charge in [0.05, 0.1) is 5.75 Å². The molecule has 0 aliphatic rings. The molecule has 1 N–H and O–H groups in total. The minimum absolute atomic E-state index is 0.112. The van der Waals surface area contributed by atoms with E-state index in [4.69, 9.17) is 4.55 Å². The summed E-state index contributed by atoms with van der Waals surface area (Å²) in [5.74, 6) is -0.184. The predicted octanol–water partition coefficient (Wildman–Crippen LogP) is 2.22. The Morgan fingerprint density at radius 2 is 2.00 bits per heavy atom. The van der Waals surface area contributed by atoms with Crippen molar-refractivity contribution in [1.29, 1.82) is 0 Å². The summed E-state index contributed by atoms with van der Waals surface area (Å²) in [6, 6.07) is 0. The molecule has 0 heterocycles. The molecule has 0 fully saturated rings. The van der Waals surface area contributed by atoms with Crippen molar-refractivity contribution in [1.82, 2.24) is 0 Å². The van der Waals surface area contributed by atoms with E-state index in [1.165, 1.54) is 0 Å². The summed E-state index contributed by atoms with van der Waals surface area (Å²) in [6.07, 6.45) is 4.02. The largest absolute Gasteiger partial charge is 0.286 e. The second-order valence-corrected chi connectivity index (χ2v) is 5.63. The Morgan fingerprint density at radius 1 is 1.42 bits per heavy atom. The molecule has 0 aliphatic heterocycles. The van der Waals surface area contributed by atoms with Gasteiger partial charge in [-0.2, -0.15) is 8.42 Å². The van der Waals surface area contributed by atoms with E-state index in [0.717, 1.165) is 25.7 Å². The van der Waals surface area contributed by atoms with Crippen LogP contribution in [0.2, 0.25) is 0 Å². The third kappa shape index (κ3) is 8.49. The van der Waals surface area contributed by atoms with Gasteiger partial charge in [0.2, 0.25) is 0 Å².